The van der Waals surface area contributed by atoms with Gasteiger partial charge in [0.25, 0.3) is 5.91 Å². The van der Waals surface area contributed by atoms with Gasteiger partial charge in [-0.2, -0.15) is 0 Å². The van der Waals surface area contributed by atoms with Crippen molar-refractivity contribution in [3.63, 3.8) is 0 Å². The van der Waals surface area contributed by atoms with E-state index >= 15 is 0 Å². The number of amides is 1. The number of aryl methyl sites for hydroxylation is 1. The highest BCUT2D eigenvalue weighted by molar-refractivity contribution is 5.95. The van der Waals surface area contributed by atoms with Crippen LogP contribution in [-0.2, 0) is 13.1 Å². The largest absolute Gasteiger partial charge is 0.377 e. The molecular formula is C29H31F3N4O. The molecule has 5 nitrogen and oxygen atoms in total. The van der Waals surface area contributed by atoms with Gasteiger partial charge in [-0.15, -0.1) is 0 Å². The smallest absolute Gasteiger partial charge is 0.251 e. The summed E-state index contributed by atoms with van der Waals surface area (Å²) in [7, 11) is 5.99. The van der Waals surface area contributed by atoms with Crippen LogP contribution in [0.4, 0.5) is 24.5 Å². The van der Waals surface area contributed by atoms with Crippen LogP contribution in [0.2, 0.25) is 0 Å². The predicted octanol–water partition coefficient (Wildman–Crippen LogP) is 5.89. The van der Waals surface area contributed by atoms with Gasteiger partial charge in [0.2, 0.25) is 0 Å². The fraction of sp³-hybridized carbons (Fsp3) is 0.276. The third-order valence-electron chi connectivity index (χ3n) is 7.05. The van der Waals surface area contributed by atoms with E-state index in [0.29, 0.717) is 24.2 Å². The van der Waals surface area contributed by atoms with E-state index < -0.39 is 35.5 Å². The fourth-order valence-corrected chi connectivity index (χ4v) is 4.69. The van der Waals surface area contributed by atoms with Gasteiger partial charge in [0.1, 0.15) is 23.3 Å². The van der Waals surface area contributed by atoms with Crippen molar-refractivity contribution in [1.82, 2.24) is 10.2 Å². The molecule has 0 aromatic heterocycles. The molecule has 0 aliphatic carbocycles. The Morgan fingerprint density at radius 2 is 1.73 bits per heavy atom. The fourth-order valence-electron chi connectivity index (χ4n) is 4.69. The highest BCUT2D eigenvalue weighted by Gasteiger charge is 2.31. The molecule has 4 rings (SSSR count). The maximum absolute atomic E-state index is 14.0. The maximum Gasteiger partial charge on any atom is 0.251 e. The Morgan fingerprint density at radius 1 is 1.05 bits per heavy atom. The van der Waals surface area contributed by atoms with Gasteiger partial charge in [-0.3, -0.25) is 4.79 Å². The van der Waals surface area contributed by atoms with E-state index in [1.165, 1.54) is 0 Å². The van der Waals surface area contributed by atoms with Crippen LogP contribution in [0, 0.1) is 24.4 Å². The van der Waals surface area contributed by atoms with Crippen molar-refractivity contribution in [2.24, 2.45) is 0 Å². The van der Waals surface area contributed by atoms with Crippen LogP contribution in [0.5, 0.6) is 0 Å². The van der Waals surface area contributed by atoms with E-state index in [1.54, 1.807) is 12.1 Å². The number of carbonyl (C=O) groups is 1. The minimum atomic E-state index is -1.04. The average molecular weight is 509 g/mol. The zero-order valence-electron chi connectivity index (χ0n) is 21.7. The monoisotopic (exact) mass is 508 g/mol. The van der Waals surface area contributed by atoms with Gasteiger partial charge in [-0.05, 0) is 48.7 Å². The van der Waals surface area contributed by atoms with Crippen LogP contribution in [0.25, 0.3) is 0 Å². The molecule has 1 unspecified atom stereocenters. The van der Waals surface area contributed by atoms with E-state index in [9.17, 15) is 18.0 Å². The van der Waals surface area contributed by atoms with Crippen LogP contribution in [0.15, 0.2) is 60.9 Å². The van der Waals surface area contributed by atoms with Crippen molar-refractivity contribution in [1.29, 1.82) is 0 Å². The summed E-state index contributed by atoms with van der Waals surface area (Å²) in [6, 6.07) is 12.8. The molecule has 1 heterocycles. The highest BCUT2D eigenvalue weighted by Crippen LogP contribution is 2.41. The van der Waals surface area contributed by atoms with Crippen LogP contribution in [-0.4, -0.2) is 32.0 Å². The molecule has 37 heavy (non-hydrogen) atoms. The molecular weight excluding hydrogens is 477 g/mol. The van der Waals surface area contributed by atoms with Gasteiger partial charge in [0.15, 0.2) is 0 Å². The summed E-state index contributed by atoms with van der Waals surface area (Å²) >= 11 is 0. The van der Waals surface area contributed by atoms with E-state index in [2.05, 4.69) is 52.6 Å². The summed E-state index contributed by atoms with van der Waals surface area (Å²) in [5.41, 5.74) is 5.19. The summed E-state index contributed by atoms with van der Waals surface area (Å²) in [4.78, 5) is 19.2. The molecule has 3 aromatic carbocycles. The Labute approximate surface area is 215 Å². The number of hydrogen-bond donors (Lipinski definition) is 1. The van der Waals surface area contributed by atoms with E-state index in [-0.39, 0.29) is 6.04 Å². The number of halogens is 3. The summed E-state index contributed by atoms with van der Waals surface area (Å²) in [5, 5.41) is 2.55. The predicted molar refractivity (Wildman–Crippen MR) is 141 cm³/mol. The normalized spacial score (nSPS) is 15.0. The Bertz CT molecular complexity index is 1350. The lowest BCUT2D eigenvalue weighted by Gasteiger charge is -2.44. The molecule has 0 radical (unpaired) electrons. The number of carbonyl (C=O) groups excluding carboxylic acids is 1. The molecule has 0 saturated carbocycles. The van der Waals surface area contributed by atoms with Crippen LogP contribution < -0.4 is 15.1 Å². The second-order valence-corrected chi connectivity index (χ2v) is 9.56. The minimum absolute atomic E-state index is 0.0310. The third-order valence-corrected chi connectivity index (χ3v) is 7.05. The maximum atomic E-state index is 14.0. The molecule has 0 bridgehead atoms. The molecule has 0 spiro atoms. The molecule has 1 atom stereocenters. The van der Waals surface area contributed by atoms with E-state index in [4.69, 9.17) is 0 Å². The zero-order valence-corrected chi connectivity index (χ0v) is 21.7. The Morgan fingerprint density at radius 3 is 2.38 bits per heavy atom. The quantitative estimate of drug-likeness (QED) is 0.451. The first-order valence-corrected chi connectivity index (χ1v) is 12.0. The van der Waals surface area contributed by atoms with Crippen molar-refractivity contribution < 1.29 is 18.0 Å². The molecule has 0 fully saturated rings. The number of nitrogens with one attached hydrogen (secondary N) is 1. The molecule has 8 heteroatoms. The minimum Gasteiger partial charge on any atom is -0.377 e. The lowest BCUT2D eigenvalue weighted by molar-refractivity contribution is 0.0950. The van der Waals surface area contributed by atoms with Crippen molar-refractivity contribution in [3.05, 3.63) is 106 Å². The topological polar surface area (TPSA) is 38.8 Å². The van der Waals surface area contributed by atoms with Gasteiger partial charge in [0.05, 0.1) is 12.6 Å². The van der Waals surface area contributed by atoms with Gasteiger partial charge >= 0.3 is 0 Å². The first-order chi connectivity index (χ1) is 17.5. The number of nitrogens with zero attached hydrogens (tertiary/aromatic N) is 3. The van der Waals surface area contributed by atoms with Gasteiger partial charge in [0, 0.05) is 62.3 Å². The standard InChI is InChI=1S/C29H31F3N4O/c1-17-8-7-9-27(34(4)5)24(17)16-36-19(3)35(6)18(2)22-11-10-20(12-28(22)36)29(37)33-15-23-25(31)13-21(30)14-26(23)32/h7-14,18H,3,15-16H2,1-2,4-6H3,(H,33,37). The second kappa shape index (κ2) is 10.2. The Hall–Kier alpha value is -3.94. The molecule has 1 aliphatic rings. The summed E-state index contributed by atoms with van der Waals surface area (Å²) in [6.07, 6.45) is 0. The summed E-state index contributed by atoms with van der Waals surface area (Å²) in [6.45, 7) is 8.60. The van der Waals surface area contributed by atoms with Crippen molar-refractivity contribution in [2.45, 2.75) is 33.0 Å². The number of fused-ring (bicyclic) bond motifs is 1. The zero-order chi connectivity index (χ0) is 27.0. The van der Waals surface area contributed by atoms with Gasteiger partial charge in [-0.25, -0.2) is 13.2 Å². The van der Waals surface area contributed by atoms with Crippen molar-refractivity contribution in [3.8, 4) is 0 Å². The van der Waals surface area contributed by atoms with Gasteiger partial charge in [-0.1, -0.05) is 24.8 Å². The number of anilines is 2. The molecule has 1 amide bonds. The van der Waals surface area contributed by atoms with E-state index in [0.717, 1.165) is 33.9 Å². The van der Waals surface area contributed by atoms with Crippen molar-refractivity contribution in [2.75, 3.05) is 30.9 Å². The first kappa shape index (κ1) is 26.1. The molecule has 194 valence electrons. The van der Waals surface area contributed by atoms with Crippen molar-refractivity contribution >= 4 is 17.3 Å². The van der Waals surface area contributed by atoms with E-state index in [1.807, 2.05) is 33.3 Å². The highest BCUT2D eigenvalue weighted by atomic mass is 19.1. The molecule has 3 aromatic rings. The second-order valence-electron chi connectivity index (χ2n) is 9.56. The number of hydrogen-bond acceptors (Lipinski definition) is 4. The Balaban J connectivity index is 1.67. The Kier molecular flexibility index (Phi) is 7.21. The number of rotatable bonds is 6. The summed E-state index contributed by atoms with van der Waals surface area (Å²) < 4.78 is 41.3. The average Bonchev–Trinajstić information content (AvgIpc) is 2.84. The van der Waals surface area contributed by atoms with Gasteiger partial charge < -0.3 is 20.0 Å². The summed E-state index contributed by atoms with van der Waals surface area (Å²) in [5.74, 6) is -2.80. The molecule has 1 aliphatic heterocycles. The third kappa shape index (κ3) is 5.01. The van der Waals surface area contributed by atoms with Crippen LogP contribution in [0.1, 0.15) is 45.6 Å². The lowest BCUT2D eigenvalue weighted by atomic mass is 9.97. The molecule has 1 N–H and O–H groups in total. The van der Waals surface area contributed by atoms with Crippen LogP contribution >= 0.6 is 0 Å². The van der Waals surface area contributed by atoms with Crippen LogP contribution in [0.3, 0.4) is 0 Å². The number of benzene rings is 3. The molecule has 0 saturated heterocycles. The first-order valence-electron chi connectivity index (χ1n) is 12.0. The SMILES string of the molecule is C=C1N(Cc2c(C)cccc2N(C)C)c2cc(C(=O)NCc3c(F)cc(F)cc3F)ccc2C(C)N1C. The lowest BCUT2D eigenvalue weighted by Crippen LogP contribution is -2.39.